The highest BCUT2D eigenvalue weighted by atomic mass is 16.6. The van der Waals surface area contributed by atoms with E-state index in [0.717, 1.165) is 5.76 Å². The molecule has 0 aliphatic carbocycles. The average Bonchev–Trinajstić information content (AvgIpc) is 1.80. The first kappa shape index (κ1) is 9.46. The smallest absolute Gasteiger partial charge is 0.126 e. The summed E-state index contributed by atoms with van der Waals surface area (Å²) in [6.07, 6.45) is 1.78. The largest absolute Gasteiger partial charge is 0.416 e. The Morgan fingerprint density at radius 2 is 2.00 bits per heavy atom. The topological polar surface area (TPSA) is 61.3 Å². The van der Waals surface area contributed by atoms with Crippen molar-refractivity contribution in [2.24, 2.45) is 17.0 Å². The number of nitrogens with two attached hydrogens (primary N) is 2. The SMILES string of the molecule is CC(C)(C)/C(=C/CN)ON. The lowest BCUT2D eigenvalue weighted by Crippen LogP contribution is -2.17. The maximum Gasteiger partial charge on any atom is 0.126 e. The number of hydrogen-bond acceptors (Lipinski definition) is 3. The van der Waals surface area contributed by atoms with Crippen molar-refractivity contribution in [3.8, 4) is 0 Å². The van der Waals surface area contributed by atoms with Gasteiger partial charge in [-0.1, -0.05) is 20.8 Å². The van der Waals surface area contributed by atoms with Crippen LogP contribution in [0.25, 0.3) is 0 Å². The van der Waals surface area contributed by atoms with E-state index >= 15 is 0 Å². The van der Waals surface area contributed by atoms with E-state index in [-0.39, 0.29) is 5.41 Å². The molecule has 0 saturated carbocycles. The van der Waals surface area contributed by atoms with Crippen LogP contribution in [-0.4, -0.2) is 6.54 Å². The number of allylic oxidation sites excluding steroid dienone is 1. The molecule has 60 valence electrons. The second-order valence-electron chi connectivity index (χ2n) is 3.17. The summed E-state index contributed by atoms with van der Waals surface area (Å²) in [5.74, 6) is 5.75. The first-order chi connectivity index (χ1) is 4.52. The molecule has 0 rings (SSSR count). The van der Waals surface area contributed by atoms with Crippen molar-refractivity contribution in [2.75, 3.05) is 6.54 Å². The Kier molecular flexibility index (Phi) is 3.39. The normalized spacial score (nSPS) is 13.5. The minimum atomic E-state index is -0.0475. The second-order valence-corrected chi connectivity index (χ2v) is 3.17. The van der Waals surface area contributed by atoms with E-state index in [1.165, 1.54) is 0 Å². The standard InChI is InChI=1S/C7H16N2O/c1-7(2,3)6(10-9)4-5-8/h4H,5,8-9H2,1-3H3/b6-4-. The molecule has 3 nitrogen and oxygen atoms in total. The minimum Gasteiger partial charge on any atom is -0.416 e. The molecule has 4 N–H and O–H groups in total. The van der Waals surface area contributed by atoms with E-state index in [2.05, 4.69) is 4.84 Å². The molecule has 0 heterocycles. The number of rotatable bonds is 2. The fourth-order valence-electron chi connectivity index (χ4n) is 0.638. The number of hydrogen-bond donors (Lipinski definition) is 2. The van der Waals surface area contributed by atoms with Crippen LogP contribution < -0.4 is 11.6 Å². The zero-order chi connectivity index (χ0) is 8.20. The molecule has 0 spiro atoms. The molecule has 0 radical (unpaired) electrons. The molecule has 3 heteroatoms. The third-order valence-corrected chi connectivity index (χ3v) is 1.17. The molecule has 0 unspecified atom stereocenters. The van der Waals surface area contributed by atoms with Gasteiger partial charge in [-0.05, 0) is 6.08 Å². The molecule has 0 fully saturated rings. The Balaban J connectivity index is 4.21. The van der Waals surface area contributed by atoms with Crippen LogP contribution in [0, 0.1) is 5.41 Å². The van der Waals surface area contributed by atoms with E-state index < -0.39 is 0 Å². The first-order valence-corrected chi connectivity index (χ1v) is 3.29. The van der Waals surface area contributed by atoms with Gasteiger partial charge >= 0.3 is 0 Å². The highest BCUT2D eigenvalue weighted by Crippen LogP contribution is 2.23. The van der Waals surface area contributed by atoms with Crippen molar-refractivity contribution < 1.29 is 4.84 Å². The van der Waals surface area contributed by atoms with Gasteiger partial charge in [0.05, 0.1) is 0 Å². The molecule has 10 heavy (non-hydrogen) atoms. The summed E-state index contributed by atoms with van der Waals surface area (Å²) in [6, 6.07) is 0. The monoisotopic (exact) mass is 144 g/mol. The molecular weight excluding hydrogens is 128 g/mol. The van der Waals surface area contributed by atoms with Crippen LogP contribution in [0.1, 0.15) is 20.8 Å². The Morgan fingerprint density at radius 1 is 1.50 bits per heavy atom. The van der Waals surface area contributed by atoms with Crippen LogP contribution in [-0.2, 0) is 4.84 Å². The third-order valence-electron chi connectivity index (χ3n) is 1.17. The van der Waals surface area contributed by atoms with E-state index in [1.807, 2.05) is 20.8 Å². The molecule has 0 bridgehead atoms. The molecule has 0 aromatic heterocycles. The molecule has 0 aromatic carbocycles. The molecule has 0 saturated heterocycles. The average molecular weight is 144 g/mol. The Morgan fingerprint density at radius 3 is 2.10 bits per heavy atom. The Bertz CT molecular complexity index is 124. The van der Waals surface area contributed by atoms with Crippen molar-refractivity contribution in [1.29, 1.82) is 0 Å². The summed E-state index contributed by atoms with van der Waals surface area (Å²) in [4.78, 5) is 4.64. The van der Waals surface area contributed by atoms with Gasteiger partial charge in [0.25, 0.3) is 0 Å². The lowest BCUT2D eigenvalue weighted by atomic mass is 9.94. The molecule has 0 aromatic rings. The van der Waals surface area contributed by atoms with Crippen LogP contribution in [0.2, 0.25) is 0 Å². The van der Waals surface area contributed by atoms with Gasteiger partial charge in [-0.2, -0.15) is 5.90 Å². The van der Waals surface area contributed by atoms with E-state index in [1.54, 1.807) is 6.08 Å². The van der Waals surface area contributed by atoms with Gasteiger partial charge in [-0.15, -0.1) is 0 Å². The zero-order valence-corrected chi connectivity index (χ0v) is 6.85. The van der Waals surface area contributed by atoms with Crippen molar-refractivity contribution in [1.82, 2.24) is 0 Å². The Labute approximate surface area is 62.0 Å². The molecular formula is C7H16N2O. The van der Waals surface area contributed by atoms with Gasteiger partial charge in [-0.25, -0.2) is 0 Å². The summed E-state index contributed by atoms with van der Waals surface area (Å²) in [7, 11) is 0. The highest BCUT2D eigenvalue weighted by molar-refractivity contribution is 5.02. The van der Waals surface area contributed by atoms with Crippen LogP contribution in [0.15, 0.2) is 11.8 Å². The maximum atomic E-state index is 5.29. The highest BCUT2D eigenvalue weighted by Gasteiger charge is 2.17. The summed E-state index contributed by atoms with van der Waals surface area (Å²) in [5, 5.41) is 0. The quantitative estimate of drug-likeness (QED) is 0.444. The third kappa shape index (κ3) is 2.85. The van der Waals surface area contributed by atoms with Gasteiger partial charge < -0.3 is 10.6 Å². The molecule has 0 aliphatic rings. The van der Waals surface area contributed by atoms with Crippen molar-refractivity contribution in [2.45, 2.75) is 20.8 Å². The fraction of sp³-hybridized carbons (Fsp3) is 0.714. The predicted octanol–water partition coefficient (Wildman–Crippen LogP) is 0.765. The van der Waals surface area contributed by atoms with Crippen LogP contribution in [0.4, 0.5) is 0 Å². The first-order valence-electron chi connectivity index (χ1n) is 3.29. The molecule has 0 amide bonds. The van der Waals surface area contributed by atoms with Gasteiger partial charge in [-0.3, -0.25) is 0 Å². The van der Waals surface area contributed by atoms with Crippen molar-refractivity contribution >= 4 is 0 Å². The summed E-state index contributed by atoms with van der Waals surface area (Å²) < 4.78 is 0. The van der Waals surface area contributed by atoms with Crippen molar-refractivity contribution in [3.05, 3.63) is 11.8 Å². The van der Waals surface area contributed by atoms with Gasteiger partial charge in [0.15, 0.2) is 0 Å². The van der Waals surface area contributed by atoms with Crippen molar-refractivity contribution in [3.63, 3.8) is 0 Å². The van der Waals surface area contributed by atoms with E-state index in [0.29, 0.717) is 6.54 Å². The van der Waals surface area contributed by atoms with Crippen LogP contribution in [0.3, 0.4) is 0 Å². The lowest BCUT2D eigenvalue weighted by molar-refractivity contribution is 0.154. The summed E-state index contributed by atoms with van der Waals surface area (Å²) >= 11 is 0. The lowest BCUT2D eigenvalue weighted by Gasteiger charge is -2.19. The summed E-state index contributed by atoms with van der Waals surface area (Å²) in [6.45, 7) is 6.51. The minimum absolute atomic E-state index is 0.0475. The Hall–Kier alpha value is -0.540. The fourth-order valence-corrected chi connectivity index (χ4v) is 0.638. The van der Waals surface area contributed by atoms with Gasteiger partial charge in [0.1, 0.15) is 5.76 Å². The zero-order valence-electron chi connectivity index (χ0n) is 6.85. The van der Waals surface area contributed by atoms with Gasteiger partial charge in [0.2, 0.25) is 0 Å². The molecule has 0 atom stereocenters. The predicted molar refractivity (Wildman–Crippen MR) is 41.9 cm³/mol. The van der Waals surface area contributed by atoms with Gasteiger partial charge in [0, 0.05) is 12.0 Å². The summed E-state index contributed by atoms with van der Waals surface area (Å²) in [5.41, 5.74) is 5.24. The van der Waals surface area contributed by atoms with E-state index in [9.17, 15) is 0 Å². The van der Waals surface area contributed by atoms with Crippen LogP contribution in [0.5, 0.6) is 0 Å². The maximum absolute atomic E-state index is 5.29. The van der Waals surface area contributed by atoms with E-state index in [4.69, 9.17) is 11.6 Å². The second kappa shape index (κ2) is 3.58. The van der Waals surface area contributed by atoms with Crippen LogP contribution >= 0.6 is 0 Å². The molecule has 0 aliphatic heterocycles.